The minimum Gasteiger partial charge on any atom is -0.495 e. The minimum absolute atomic E-state index is 0. The third-order valence-electron chi connectivity index (χ3n) is 2.62. The van der Waals surface area contributed by atoms with E-state index >= 15 is 0 Å². The number of benzene rings is 1. The normalized spacial score (nSPS) is 11.6. The number of rotatable bonds is 6. The summed E-state index contributed by atoms with van der Waals surface area (Å²) in [6.45, 7) is 0.651. The number of methoxy groups -OCH3 is 2. The molecular weight excluding hydrogens is 320 g/mol. The first kappa shape index (κ1) is 17.5. The average Bonchev–Trinajstić information content (AvgIpc) is 2.36. The van der Waals surface area contributed by atoms with Gasteiger partial charge in [0.15, 0.2) is 0 Å². The molecule has 18 heavy (non-hydrogen) atoms. The molecule has 0 heterocycles. The molecule has 0 radical (unpaired) electrons. The molecule has 1 atom stereocenters. The van der Waals surface area contributed by atoms with Gasteiger partial charge in [0, 0.05) is 6.04 Å². The van der Waals surface area contributed by atoms with Gasteiger partial charge in [0.05, 0.1) is 14.2 Å². The van der Waals surface area contributed by atoms with Gasteiger partial charge in [0.1, 0.15) is 16.0 Å². The Hall–Kier alpha value is -0.490. The van der Waals surface area contributed by atoms with Crippen LogP contribution < -0.4 is 20.9 Å². The van der Waals surface area contributed by atoms with Crippen LogP contribution in [-0.4, -0.2) is 20.8 Å². The highest BCUT2D eigenvalue weighted by atomic mass is 79.9. The fraction of sp³-hybridized carbons (Fsp3) is 0.500. The zero-order chi connectivity index (χ0) is 12.8. The summed E-state index contributed by atoms with van der Waals surface area (Å²) >= 11 is 3.43. The Labute approximate surface area is 123 Å². The Bertz CT molecular complexity index is 352. The standard InChI is InChI=1S/C12H19BrN2O2.ClH/c1-16-10-6-8(9(15)4-3-5-14)7-11(17-2)12(10)13;/h6-7,9H,3-5,14-15H2,1-2H3;1H/t9-;/m0./s1. The quantitative estimate of drug-likeness (QED) is 0.836. The lowest BCUT2D eigenvalue weighted by Gasteiger charge is -2.16. The topological polar surface area (TPSA) is 70.5 Å². The molecule has 4 N–H and O–H groups in total. The van der Waals surface area contributed by atoms with Crippen molar-refractivity contribution in [2.24, 2.45) is 11.5 Å². The van der Waals surface area contributed by atoms with Crippen molar-refractivity contribution in [2.45, 2.75) is 18.9 Å². The largest absolute Gasteiger partial charge is 0.495 e. The zero-order valence-corrected chi connectivity index (χ0v) is 13.0. The van der Waals surface area contributed by atoms with Crippen LogP contribution in [0.1, 0.15) is 24.4 Å². The van der Waals surface area contributed by atoms with Crippen molar-refractivity contribution in [1.29, 1.82) is 0 Å². The van der Waals surface area contributed by atoms with Gasteiger partial charge in [-0.3, -0.25) is 0 Å². The molecule has 0 bridgehead atoms. The van der Waals surface area contributed by atoms with E-state index in [9.17, 15) is 0 Å². The SMILES string of the molecule is COc1cc([C@@H](N)CCCN)cc(OC)c1Br.Cl. The summed E-state index contributed by atoms with van der Waals surface area (Å²) in [5, 5.41) is 0. The van der Waals surface area contributed by atoms with Crippen LogP contribution in [0.5, 0.6) is 11.5 Å². The Morgan fingerprint density at radius 1 is 1.22 bits per heavy atom. The van der Waals surface area contributed by atoms with E-state index in [1.165, 1.54) is 0 Å². The van der Waals surface area contributed by atoms with Gasteiger partial charge in [-0.25, -0.2) is 0 Å². The van der Waals surface area contributed by atoms with Crippen molar-refractivity contribution in [3.05, 3.63) is 22.2 Å². The van der Waals surface area contributed by atoms with Crippen molar-refractivity contribution in [3.63, 3.8) is 0 Å². The maximum Gasteiger partial charge on any atom is 0.137 e. The van der Waals surface area contributed by atoms with Crippen LogP contribution in [0.4, 0.5) is 0 Å². The highest BCUT2D eigenvalue weighted by molar-refractivity contribution is 9.10. The maximum atomic E-state index is 6.10. The molecule has 104 valence electrons. The summed E-state index contributed by atoms with van der Waals surface area (Å²) in [5.74, 6) is 1.45. The Kier molecular flexibility index (Phi) is 8.35. The van der Waals surface area contributed by atoms with Gasteiger partial charge >= 0.3 is 0 Å². The molecule has 0 aromatic heterocycles. The molecule has 0 unspecified atom stereocenters. The molecule has 0 saturated carbocycles. The van der Waals surface area contributed by atoms with Gasteiger partial charge in [-0.15, -0.1) is 12.4 Å². The Morgan fingerprint density at radius 2 is 1.72 bits per heavy atom. The average molecular weight is 340 g/mol. The molecular formula is C12H20BrClN2O2. The number of nitrogens with two attached hydrogens (primary N) is 2. The molecule has 1 rings (SSSR count). The predicted octanol–water partition coefficient (Wildman–Crippen LogP) is 2.63. The first-order valence-electron chi connectivity index (χ1n) is 5.51. The van der Waals surface area contributed by atoms with Crippen LogP contribution in [-0.2, 0) is 0 Å². The molecule has 0 aliphatic rings. The van der Waals surface area contributed by atoms with E-state index in [0.717, 1.165) is 34.4 Å². The third-order valence-corrected chi connectivity index (χ3v) is 3.40. The fourth-order valence-electron chi connectivity index (χ4n) is 1.61. The van der Waals surface area contributed by atoms with E-state index in [1.54, 1.807) is 14.2 Å². The molecule has 4 nitrogen and oxygen atoms in total. The highest BCUT2D eigenvalue weighted by Crippen LogP contribution is 2.37. The van der Waals surface area contributed by atoms with E-state index in [1.807, 2.05) is 12.1 Å². The summed E-state index contributed by atoms with van der Waals surface area (Å²) in [4.78, 5) is 0. The van der Waals surface area contributed by atoms with Crippen LogP contribution in [0.15, 0.2) is 16.6 Å². The van der Waals surface area contributed by atoms with E-state index in [-0.39, 0.29) is 18.4 Å². The van der Waals surface area contributed by atoms with Gasteiger partial charge < -0.3 is 20.9 Å². The molecule has 0 amide bonds. The van der Waals surface area contributed by atoms with Crippen LogP contribution >= 0.6 is 28.3 Å². The first-order valence-corrected chi connectivity index (χ1v) is 6.30. The maximum absolute atomic E-state index is 6.10. The zero-order valence-electron chi connectivity index (χ0n) is 10.6. The van der Waals surface area contributed by atoms with Crippen molar-refractivity contribution in [3.8, 4) is 11.5 Å². The van der Waals surface area contributed by atoms with Crippen LogP contribution in [0.25, 0.3) is 0 Å². The van der Waals surface area contributed by atoms with Gasteiger partial charge in [-0.1, -0.05) is 0 Å². The van der Waals surface area contributed by atoms with Gasteiger partial charge in [-0.2, -0.15) is 0 Å². The first-order chi connectivity index (χ1) is 8.13. The lowest BCUT2D eigenvalue weighted by molar-refractivity contribution is 0.387. The minimum atomic E-state index is -0.0468. The number of hydrogen-bond acceptors (Lipinski definition) is 4. The lowest BCUT2D eigenvalue weighted by atomic mass is 10.0. The van der Waals surface area contributed by atoms with Crippen molar-refractivity contribution < 1.29 is 9.47 Å². The summed E-state index contributed by atoms with van der Waals surface area (Å²) in [5.41, 5.74) is 12.6. The van der Waals surface area contributed by atoms with Crippen molar-refractivity contribution >= 4 is 28.3 Å². The van der Waals surface area contributed by atoms with Crippen LogP contribution in [0.3, 0.4) is 0 Å². The van der Waals surface area contributed by atoms with Gasteiger partial charge in [-0.05, 0) is 53.0 Å². The lowest BCUT2D eigenvalue weighted by Crippen LogP contribution is -2.13. The second-order valence-corrected chi connectivity index (χ2v) is 4.57. The molecule has 0 fully saturated rings. The summed E-state index contributed by atoms with van der Waals surface area (Å²) < 4.78 is 11.4. The smallest absolute Gasteiger partial charge is 0.137 e. The predicted molar refractivity (Wildman–Crippen MR) is 79.7 cm³/mol. The summed E-state index contributed by atoms with van der Waals surface area (Å²) in [6.07, 6.45) is 1.76. The van der Waals surface area contributed by atoms with E-state index in [2.05, 4.69) is 15.9 Å². The van der Waals surface area contributed by atoms with Crippen LogP contribution in [0.2, 0.25) is 0 Å². The fourth-order valence-corrected chi connectivity index (χ4v) is 2.16. The summed E-state index contributed by atoms with van der Waals surface area (Å²) in [6, 6.07) is 3.80. The Morgan fingerprint density at radius 3 is 2.11 bits per heavy atom. The second kappa shape index (κ2) is 8.58. The molecule has 0 aliphatic heterocycles. The van der Waals surface area contributed by atoms with E-state index in [0.29, 0.717) is 6.54 Å². The van der Waals surface area contributed by atoms with E-state index in [4.69, 9.17) is 20.9 Å². The second-order valence-electron chi connectivity index (χ2n) is 3.78. The van der Waals surface area contributed by atoms with Crippen molar-refractivity contribution in [1.82, 2.24) is 0 Å². The molecule has 0 saturated heterocycles. The van der Waals surface area contributed by atoms with Crippen molar-refractivity contribution in [2.75, 3.05) is 20.8 Å². The van der Waals surface area contributed by atoms with Gasteiger partial charge in [0.25, 0.3) is 0 Å². The highest BCUT2D eigenvalue weighted by Gasteiger charge is 2.13. The van der Waals surface area contributed by atoms with Crippen LogP contribution in [0, 0.1) is 0 Å². The molecule has 1 aromatic rings. The Balaban J connectivity index is 0.00000289. The number of halogens is 2. The number of ether oxygens (including phenoxy) is 2. The monoisotopic (exact) mass is 338 g/mol. The summed E-state index contributed by atoms with van der Waals surface area (Å²) in [7, 11) is 3.24. The molecule has 0 aliphatic carbocycles. The third kappa shape index (κ3) is 4.31. The van der Waals surface area contributed by atoms with E-state index < -0.39 is 0 Å². The molecule has 1 aromatic carbocycles. The molecule has 6 heteroatoms. The molecule has 0 spiro atoms. The number of hydrogen-bond donors (Lipinski definition) is 2. The van der Waals surface area contributed by atoms with Gasteiger partial charge in [0.2, 0.25) is 0 Å².